The Morgan fingerprint density at radius 1 is 1.04 bits per heavy atom. The molecule has 0 aliphatic carbocycles. The largest absolute Gasteiger partial charge is 0.343 e. The third-order valence-electron chi connectivity index (χ3n) is 3.24. The van der Waals surface area contributed by atoms with Gasteiger partial charge in [0.25, 0.3) is 0 Å². The van der Waals surface area contributed by atoms with Crippen molar-refractivity contribution in [3.05, 3.63) is 35.9 Å². The van der Waals surface area contributed by atoms with E-state index >= 15 is 0 Å². The van der Waals surface area contributed by atoms with Gasteiger partial charge >= 0.3 is 6.03 Å². The van der Waals surface area contributed by atoms with Gasteiger partial charge in [0.05, 0.1) is 6.54 Å². The molecule has 1 rings (SSSR count). The van der Waals surface area contributed by atoms with Crippen LogP contribution in [0.5, 0.6) is 0 Å². The molecule has 0 radical (unpaired) electrons. The van der Waals surface area contributed by atoms with E-state index < -0.39 is 35.8 Å². The number of carbonyl (C=O) groups is 4. The van der Waals surface area contributed by atoms with E-state index in [0.29, 0.717) is 0 Å². The lowest BCUT2D eigenvalue weighted by molar-refractivity contribution is -0.131. The van der Waals surface area contributed by atoms with E-state index in [1.54, 1.807) is 29.7 Å². The second-order valence-electron chi connectivity index (χ2n) is 5.21. The number of rotatable bonds is 7. The highest BCUT2D eigenvalue weighted by molar-refractivity contribution is 5.99. The van der Waals surface area contributed by atoms with Gasteiger partial charge in [-0.05, 0) is 12.5 Å². The molecular weight excluding hydrogens is 328 g/mol. The van der Waals surface area contributed by atoms with Gasteiger partial charge in [0, 0.05) is 6.42 Å². The molecule has 0 bridgehead atoms. The number of hydrogen-bond donors (Lipinski definition) is 6. The van der Waals surface area contributed by atoms with E-state index in [0.717, 1.165) is 5.56 Å². The van der Waals surface area contributed by atoms with Gasteiger partial charge in [-0.2, -0.15) is 0 Å². The van der Waals surface area contributed by atoms with E-state index in [1.807, 2.05) is 11.4 Å². The Bertz CT molecular complexity index is 622. The van der Waals surface area contributed by atoms with Crippen LogP contribution in [0.2, 0.25) is 0 Å². The van der Waals surface area contributed by atoms with Crippen molar-refractivity contribution in [2.45, 2.75) is 25.4 Å². The van der Waals surface area contributed by atoms with Crippen molar-refractivity contribution in [2.75, 3.05) is 6.54 Å². The molecule has 1 aromatic rings. The SMILES string of the molecule is CC(NC(=O)[C@H](Cc1ccccc1)NC(=O)CN)C(=O)NC(=O)NN. The van der Waals surface area contributed by atoms with Crippen molar-refractivity contribution in [3.8, 4) is 0 Å². The Morgan fingerprint density at radius 2 is 1.68 bits per heavy atom. The lowest BCUT2D eigenvalue weighted by Gasteiger charge is -2.21. The molecule has 0 spiro atoms. The fourth-order valence-corrected chi connectivity index (χ4v) is 1.95. The smallest absolute Gasteiger partial charge is 0.335 e. The van der Waals surface area contributed by atoms with Crippen molar-refractivity contribution >= 4 is 23.8 Å². The third-order valence-corrected chi connectivity index (χ3v) is 3.24. The molecule has 0 saturated carbocycles. The number of carbonyl (C=O) groups excluding carboxylic acids is 4. The van der Waals surface area contributed by atoms with Gasteiger partial charge < -0.3 is 16.4 Å². The molecule has 0 heterocycles. The average Bonchev–Trinajstić information content (AvgIpc) is 2.61. The molecule has 1 aromatic carbocycles. The van der Waals surface area contributed by atoms with Crippen LogP contribution in [0.25, 0.3) is 0 Å². The van der Waals surface area contributed by atoms with Gasteiger partial charge in [-0.25, -0.2) is 10.6 Å². The molecular formula is C15H22N6O4. The van der Waals surface area contributed by atoms with Gasteiger partial charge in [-0.15, -0.1) is 0 Å². The van der Waals surface area contributed by atoms with Crippen LogP contribution in [0.3, 0.4) is 0 Å². The molecule has 0 aliphatic rings. The van der Waals surface area contributed by atoms with Crippen molar-refractivity contribution < 1.29 is 19.2 Å². The van der Waals surface area contributed by atoms with Crippen molar-refractivity contribution in [1.29, 1.82) is 0 Å². The van der Waals surface area contributed by atoms with Gasteiger partial charge in [-0.3, -0.25) is 25.1 Å². The second kappa shape index (κ2) is 10.0. The van der Waals surface area contributed by atoms with Crippen LogP contribution in [0.15, 0.2) is 30.3 Å². The lowest BCUT2D eigenvalue weighted by Crippen LogP contribution is -2.55. The van der Waals surface area contributed by atoms with Crippen LogP contribution >= 0.6 is 0 Å². The summed E-state index contributed by atoms with van der Waals surface area (Å²) in [6.07, 6.45) is 0.218. The van der Waals surface area contributed by atoms with E-state index in [2.05, 4.69) is 10.6 Å². The van der Waals surface area contributed by atoms with Gasteiger partial charge in [0.2, 0.25) is 17.7 Å². The number of benzene rings is 1. The summed E-state index contributed by atoms with van der Waals surface area (Å²) in [4.78, 5) is 46.7. The van der Waals surface area contributed by atoms with Crippen LogP contribution in [-0.4, -0.2) is 42.4 Å². The van der Waals surface area contributed by atoms with Crippen LogP contribution < -0.4 is 33.0 Å². The Labute approximate surface area is 144 Å². The number of hydrazine groups is 1. The molecule has 1 unspecified atom stereocenters. The van der Waals surface area contributed by atoms with E-state index in [4.69, 9.17) is 11.6 Å². The molecule has 0 saturated heterocycles. The van der Waals surface area contributed by atoms with Crippen LogP contribution in [0.4, 0.5) is 4.79 Å². The zero-order valence-electron chi connectivity index (χ0n) is 13.7. The monoisotopic (exact) mass is 350 g/mol. The van der Waals surface area contributed by atoms with Crippen molar-refractivity contribution in [2.24, 2.45) is 11.6 Å². The summed E-state index contributed by atoms with van der Waals surface area (Å²) in [5.74, 6) is 3.03. The fourth-order valence-electron chi connectivity index (χ4n) is 1.95. The van der Waals surface area contributed by atoms with Crippen LogP contribution in [-0.2, 0) is 20.8 Å². The first-order valence-corrected chi connectivity index (χ1v) is 7.52. The van der Waals surface area contributed by atoms with Crippen LogP contribution in [0, 0.1) is 0 Å². The first-order valence-electron chi connectivity index (χ1n) is 7.52. The molecule has 2 atom stereocenters. The predicted molar refractivity (Wildman–Crippen MR) is 89.6 cm³/mol. The summed E-state index contributed by atoms with van der Waals surface area (Å²) in [6.45, 7) is 1.12. The van der Waals surface area contributed by atoms with Crippen molar-refractivity contribution in [3.63, 3.8) is 0 Å². The molecule has 8 N–H and O–H groups in total. The van der Waals surface area contributed by atoms with Gasteiger partial charge in [0.15, 0.2) is 0 Å². The van der Waals surface area contributed by atoms with E-state index in [1.165, 1.54) is 6.92 Å². The Balaban J connectivity index is 2.75. The minimum atomic E-state index is -1.02. The van der Waals surface area contributed by atoms with Gasteiger partial charge in [0.1, 0.15) is 12.1 Å². The number of hydrogen-bond acceptors (Lipinski definition) is 6. The Kier molecular flexibility index (Phi) is 8.03. The van der Waals surface area contributed by atoms with E-state index in [-0.39, 0.29) is 13.0 Å². The molecule has 0 fully saturated rings. The first kappa shape index (κ1) is 20.1. The third kappa shape index (κ3) is 6.97. The number of imide groups is 1. The highest BCUT2D eigenvalue weighted by Gasteiger charge is 2.25. The maximum absolute atomic E-state index is 12.4. The molecule has 10 nitrogen and oxygen atoms in total. The Morgan fingerprint density at radius 3 is 2.24 bits per heavy atom. The minimum Gasteiger partial charge on any atom is -0.343 e. The molecule has 0 aromatic heterocycles. The minimum absolute atomic E-state index is 0.218. The summed E-state index contributed by atoms with van der Waals surface area (Å²) in [5, 5.41) is 6.88. The van der Waals surface area contributed by atoms with Crippen molar-refractivity contribution in [1.82, 2.24) is 21.4 Å². The first-order chi connectivity index (χ1) is 11.9. The summed E-state index contributed by atoms with van der Waals surface area (Å²) < 4.78 is 0. The number of urea groups is 1. The zero-order chi connectivity index (χ0) is 18.8. The Hall–Kier alpha value is -2.98. The standard InChI is InChI=1S/C15H22N6O4/c1-9(13(23)20-15(25)21-17)18-14(24)11(19-12(22)8-16)7-10-5-3-2-4-6-10/h2-6,9,11H,7-8,16-17H2,1H3,(H,18,24)(H,19,22)(H2,20,21,23,25)/t9?,11-/m0/s1. The molecule has 25 heavy (non-hydrogen) atoms. The highest BCUT2D eigenvalue weighted by Crippen LogP contribution is 2.04. The highest BCUT2D eigenvalue weighted by atomic mass is 16.2. The second-order valence-corrected chi connectivity index (χ2v) is 5.21. The normalized spacial score (nSPS) is 12.4. The quantitative estimate of drug-likeness (QED) is 0.187. The molecule has 10 heteroatoms. The predicted octanol–water partition coefficient (Wildman–Crippen LogP) is -2.12. The maximum atomic E-state index is 12.4. The van der Waals surface area contributed by atoms with Crippen LogP contribution in [0.1, 0.15) is 12.5 Å². The van der Waals surface area contributed by atoms with Gasteiger partial charge in [-0.1, -0.05) is 30.3 Å². The number of nitrogens with one attached hydrogen (secondary N) is 4. The van der Waals surface area contributed by atoms with E-state index in [9.17, 15) is 19.2 Å². The maximum Gasteiger partial charge on any atom is 0.335 e. The zero-order valence-corrected chi connectivity index (χ0v) is 13.7. The average molecular weight is 350 g/mol. The summed E-state index contributed by atoms with van der Waals surface area (Å²) >= 11 is 0. The fraction of sp³-hybridized carbons (Fsp3) is 0.333. The number of amides is 5. The summed E-state index contributed by atoms with van der Waals surface area (Å²) in [5.41, 5.74) is 7.83. The number of nitrogens with two attached hydrogens (primary N) is 2. The molecule has 0 aliphatic heterocycles. The molecule has 136 valence electrons. The lowest BCUT2D eigenvalue weighted by atomic mass is 10.0. The summed E-state index contributed by atoms with van der Waals surface area (Å²) in [6, 6.07) is 6.20. The molecule has 5 amide bonds. The topological polar surface area (TPSA) is 168 Å². The summed E-state index contributed by atoms with van der Waals surface area (Å²) in [7, 11) is 0.